The predicted octanol–water partition coefficient (Wildman–Crippen LogP) is 11.4. The molecule has 0 aromatic heterocycles. The van der Waals surface area contributed by atoms with E-state index < -0.39 is 61.3 Å². The Kier molecular flexibility index (Phi) is 40.7. The second-order valence-electron chi connectivity index (χ2n) is 19.6. The molecule has 1 amide bonds. The number of ether oxygens (including phenoxy) is 2. The number of carbonyl (C=O) groups excluding carboxylic acids is 1. The van der Waals surface area contributed by atoms with Crippen molar-refractivity contribution in [1.82, 2.24) is 5.32 Å². The first kappa shape index (κ1) is 60.7. The van der Waals surface area contributed by atoms with Crippen molar-refractivity contribution in [2.45, 2.75) is 313 Å². The maximum Gasteiger partial charge on any atom is 0.329 e. The molecule has 380 valence electrons. The van der Waals surface area contributed by atoms with Crippen LogP contribution in [-0.4, -0.2) is 104 Å². The SMILES string of the molecule is CCCCCCCCCCCCCCCCCCCCCCCCCC(=O)NC(CCC1OC(COCC(=O)O)C(O)C(O)C1O)C(O)C(O)CCCCCCCCCCCCCC. The summed E-state index contributed by atoms with van der Waals surface area (Å²) in [5, 5.41) is 66.0. The van der Waals surface area contributed by atoms with Crippen molar-refractivity contribution in [3.63, 3.8) is 0 Å². The molecule has 0 saturated carbocycles. The molecule has 1 aliphatic heterocycles. The summed E-state index contributed by atoms with van der Waals surface area (Å²) in [4.78, 5) is 24.1. The molecule has 8 unspecified atom stereocenters. The molecule has 0 spiro atoms. The number of hydrogen-bond donors (Lipinski definition) is 7. The Hall–Kier alpha value is -1.34. The van der Waals surface area contributed by atoms with Crippen LogP contribution in [0.1, 0.15) is 264 Å². The van der Waals surface area contributed by atoms with Gasteiger partial charge in [0.15, 0.2) is 0 Å². The zero-order chi connectivity index (χ0) is 46.9. The minimum atomic E-state index is -1.55. The van der Waals surface area contributed by atoms with Gasteiger partial charge in [0, 0.05) is 6.42 Å². The predicted molar refractivity (Wildman–Crippen MR) is 260 cm³/mol. The highest BCUT2D eigenvalue weighted by molar-refractivity contribution is 5.76. The van der Waals surface area contributed by atoms with Crippen LogP contribution in [0.15, 0.2) is 0 Å². The first-order valence-electron chi connectivity index (χ1n) is 27.3. The van der Waals surface area contributed by atoms with Gasteiger partial charge in [0.05, 0.1) is 31.0 Å². The van der Waals surface area contributed by atoms with E-state index in [4.69, 9.17) is 14.6 Å². The first-order chi connectivity index (χ1) is 31.1. The Morgan fingerprint density at radius 1 is 0.500 bits per heavy atom. The smallest absolute Gasteiger partial charge is 0.329 e. The van der Waals surface area contributed by atoms with Crippen LogP contribution in [0.4, 0.5) is 0 Å². The van der Waals surface area contributed by atoms with Crippen molar-refractivity contribution in [3.05, 3.63) is 0 Å². The van der Waals surface area contributed by atoms with E-state index in [9.17, 15) is 35.1 Å². The summed E-state index contributed by atoms with van der Waals surface area (Å²) in [6.45, 7) is 3.62. The summed E-state index contributed by atoms with van der Waals surface area (Å²) in [5.41, 5.74) is 0. The number of nitrogens with one attached hydrogen (secondary N) is 1. The number of aliphatic hydroxyl groups excluding tert-OH is 5. The summed E-state index contributed by atoms with van der Waals surface area (Å²) < 4.78 is 10.9. The third-order valence-corrected chi connectivity index (χ3v) is 13.6. The standard InChI is InChI=1S/C53H103NO10/c1-3-5-7-9-11-13-15-17-18-19-20-21-22-23-24-25-26-27-29-31-33-35-37-39-48(56)54-44(40-41-46-51(60)53(62)52(61)47(64-46)42-63-43-49(57)58)50(59)45(55)38-36-34-32-30-28-16-14-12-10-8-6-4-2/h44-47,50-53,55,59-62H,3-43H2,1-2H3,(H,54,56)(H,57,58). The second-order valence-corrected chi connectivity index (χ2v) is 19.6. The lowest BCUT2D eigenvalue weighted by atomic mass is 9.90. The molecule has 1 rings (SSSR count). The third kappa shape index (κ3) is 33.2. The van der Waals surface area contributed by atoms with Gasteiger partial charge in [-0.1, -0.05) is 232 Å². The summed E-state index contributed by atoms with van der Waals surface area (Å²) >= 11 is 0. The monoisotopic (exact) mass is 914 g/mol. The van der Waals surface area contributed by atoms with E-state index in [2.05, 4.69) is 19.2 Å². The van der Waals surface area contributed by atoms with Gasteiger partial charge in [-0.05, 0) is 25.7 Å². The van der Waals surface area contributed by atoms with Gasteiger partial charge in [-0.3, -0.25) is 4.79 Å². The van der Waals surface area contributed by atoms with Crippen molar-refractivity contribution in [2.24, 2.45) is 0 Å². The van der Waals surface area contributed by atoms with Crippen LogP contribution in [0.2, 0.25) is 0 Å². The topological polar surface area (TPSA) is 186 Å². The van der Waals surface area contributed by atoms with Gasteiger partial charge in [-0.25, -0.2) is 4.79 Å². The third-order valence-electron chi connectivity index (χ3n) is 13.6. The van der Waals surface area contributed by atoms with Gasteiger partial charge in [-0.15, -0.1) is 0 Å². The Labute approximate surface area is 392 Å². The Balaban J connectivity index is 2.38. The number of aliphatic carboxylic acids is 1. The lowest BCUT2D eigenvalue weighted by molar-refractivity contribution is -0.234. The number of carbonyl (C=O) groups is 2. The van der Waals surface area contributed by atoms with Crippen molar-refractivity contribution in [1.29, 1.82) is 0 Å². The van der Waals surface area contributed by atoms with E-state index in [1.165, 1.54) is 186 Å². The van der Waals surface area contributed by atoms with Gasteiger partial charge < -0.3 is 45.4 Å². The summed E-state index contributed by atoms with van der Waals surface area (Å²) in [7, 11) is 0. The van der Waals surface area contributed by atoms with Crippen LogP contribution >= 0.6 is 0 Å². The molecule has 1 fully saturated rings. The van der Waals surface area contributed by atoms with Crippen LogP contribution in [0, 0.1) is 0 Å². The van der Waals surface area contributed by atoms with Crippen molar-refractivity contribution >= 4 is 11.9 Å². The lowest BCUT2D eigenvalue weighted by Gasteiger charge is -2.41. The maximum atomic E-state index is 13.2. The van der Waals surface area contributed by atoms with Crippen molar-refractivity contribution in [3.8, 4) is 0 Å². The Morgan fingerprint density at radius 2 is 0.859 bits per heavy atom. The van der Waals surface area contributed by atoms with Crippen LogP contribution in [-0.2, 0) is 19.1 Å². The van der Waals surface area contributed by atoms with Gasteiger partial charge in [0.1, 0.15) is 31.0 Å². The van der Waals surface area contributed by atoms with E-state index in [0.717, 1.165) is 38.5 Å². The molecule has 7 N–H and O–H groups in total. The number of aliphatic hydroxyl groups is 5. The van der Waals surface area contributed by atoms with Crippen LogP contribution in [0.5, 0.6) is 0 Å². The molecule has 64 heavy (non-hydrogen) atoms. The van der Waals surface area contributed by atoms with Crippen LogP contribution in [0.3, 0.4) is 0 Å². The molecule has 0 bridgehead atoms. The summed E-state index contributed by atoms with van der Waals surface area (Å²) in [5.74, 6) is -1.39. The molecule has 0 radical (unpaired) electrons. The normalized spacial score (nSPS) is 20.3. The molecule has 0 aromatic carbocycles. The van der Waals surface area contributed by atoms with E-state index in [1.54, 1.807) is 0 Å². The molecule has 1 saturated heterocycles. The highest BCUT2D eigenvalue weighted by atomic mass is 16.6. The number of carboxylic acids is 1. The average molecular weight is 914 g/mol. The summed E-state index contributed by atoms with van der Waals surface area (Å²) in [6, 6.07) is -0.814. The van der Waals surface area contributed by atoms with Crippen molar-refractivity contribution in [2.75, 3.05) is 13.2 Å². The van der Waals surface area contributed by atoms with Gasteiger partial charge >= 0.3 is 5.97 Å². The number of unbranched alkanes of at least 4 members (excludes halogenated alkanes) is 33. The van der Waals surface area contributed by atoms with E-state index in [0.29, 0.717) is 12.8 Å². The molecule has 1 aliphatic rings. The molecule has 11 heteroatoms. The fourth-order valence-corrected chi connectivity index (χ4v) is 9.32. The highest BCUT2D eigenvalue weighted by Crippen LogP contribution is 2.26. The lowest BCUT2D eigenvalue weighted by Crippen LogP contribution is -2.59. The molecule has 0 aromatic rings. The number of amides is 1. The second kappa shape index (κ2) is 43.0. The van der Waals surface area contributed by atoms with Gasteiger partial charge in [0.25, 0.3) is 0 Å². The number of rotatable bonds is 47. The van der Waals surface area contributed by atoms with Gasteiger partial charge in [0.2, 0.25) is 5.91 Å². The molecular formula is C53H103NO10. The first-order valence-corrected chi connectivity index (χ1v) is 27.3. The average Bonchev–Trinajstić information content (AvgIpc) is 3.28. The molecular weight excluding hydrogens is 811 g/mol. The largest absolute Gasteiger partial charge is 0.480 e. The van der Waals surface area contributed by atoms with E-state index >= 15 is 0 Å². The molecule has 11 nitrogen and oxygen atoms in total. The minimum Gasteiger partial charge on any atom is -0.480 e. The molecule has 1 heterocycles. The van der Waals surface area contributed by atoms with Gasteiger partial charge in [-0.2, -0.15) is 0 Å². The Bertz CT molecular complexity index is 1050. The number of hydrogen-bond acceptors (Lipinski definition) is 9. The van der Waals surface area contributed by atoms with Crippen LogP contribution < -0.4 is 5.32 Å². The maximum absolute atomic E-state index is 13.2. The fourth-order valence-electron chi connectivity index (χ4n) is 9.32. The fraction of sp³-hybridized carbons (Fsp3) is 0.962. The minimum absolute atomic E-state index is 0.104. The highest BCUT2D eigenvalue weighted by Gasteiger charge is 2.44. The van der Waals surface area contributed by atoms with E-state index in [-0.39, 0.29) is 25.4 Å². The summed E-state index contributed by atoms with van der Waals surface area (Å²) in [6.07, 6.45) is 36.6. The van der Waals surface area contributed by atoms with Crippen molar-refractivity contribution < 1.29 is 49.7 Å². The Morgan fingerprint density at radius 3 is 1.25 bits per heavy atom. The zero-order valence-corrected chi connectivity index (χ0v) is 41.4. The quantitative estimate of drug-likeness (QED) is 0.0290. The van der Waals surface area contributed by atoms with Crippen LogP contribution in [0.25, 0.3) is 0 Å². The zero-order valence-electron chi connectivity index (χ0n) is 41.4. The van der Waals surface area contributed by atoms with E-state index in [1.807, 2.05) is 0 Å². The molecule has 8 atom stereocenters. The molecule has 0 aliphatic carbocycles. The number of carboxylic acid groups (broad SMARTS) is 1.